The first kappa shape index (κ1) is 17.8. The molecular formula is C22H24N2O2. The first-order valence-electron chi connectivity index (χ1n) is 8.63. The van der Waals surface area contributed by atoms with E-state index in [0.29, 0.717) is 13.1 Å². The number of hydrogen-bond donors (Lipinski definition) is 0. The van der Waals surface area contributed by atoms with Crippen LogP contribution in [0, 0.1) is 0 Å². The normalized spacial score (nSPS) is 10.6. The van der Waals surface area contributed by atoms with E-state index in [9.17, 15) is 4.79 Å². The molecular weight excluding hydrogens is 324 g/mol. The average molecular weight is 348 g/mol. The van der Waals surface area contributed by atoms with Gasteiger partial charge in [0.25, 0.3) is 0 Å². The van der Waals surface area contributed by atoms with Crippen LogP contribution < -0.4 is 9.64 Å². The lowest BCUT2D eigenvalue weighted by molar-refractivity contribution is -0.128. The second kappa shape index (κ2) is 7.91. The van der Waals surface area contributed by atoms with Gasteiger partial charge in [0, 0.05) is 26.3 Å². The Morgan fingerprint density at radius 2 is 1.62 bits per heavy atom. The van der Waals surface area contributed by atoms with Crippen molar-refractivity contribution in [1.29, 1.82) is 0 Å². The van der Waals surface area contributed by atoms with Gasteiger partial charge in [0.15, 0.2) is 0 Å². The lowest BCUT2D eigenvalue weighted by Crippen LogP contribution is -2.36. The van der Waals surface area contributed by atoms with E-state index in [1.165, 1.54) is 10.8 Å². The highest BCUT2D eigenvalue weighted by Gasteiger charge is 2.13. The van der Waals surface area contributed by atoms with Crippen molar-refractivity contribution in [2.24, 2.45) is 0 Å². The molecule has 0 aliphatic heterocycles. The molecule has 0 heterocycles. The van der Waals surface area contributed by atoms with Crippen molar-refractivity contribution in [2.75, 3.05) is 32.6 Å². The highest BCUT2D eigenvalue weighted by molar-refractivity contribution is 5.87. The summed E-state index contributed by atoms with van der Waals surface area (Å²) in [5.41, 5.74) is 2.12. The molecule has 1 amide bonds. The molecule has 0 fully saturated rings. The van der Waals surface area contributed by atoms with Gasteiger partial charge < -0.3 is 14.5 Å². The fourth-order valence-corrected chi connectivity index (χ4v) is 2.92. The molecule has 0 bridgehead atoms. The van der Waals surface area contributed by atoms with Crippen molar-refractivity contribution in [3.05, 3.63) is 72.3 Å². The van der Waals surface area contributed by atoms with Crippen molar-refractivity contribution < 1.29 is 9.53 Å². The van der Waals surface area contributed by atoms with E-state index in [1.54, 1.807) is 12.0 Å². The lowest BCUT2D eigenvalue weighted by atomic mass is 10.1. The second-order valence-electron chi connectivity index (χ2n) is 6.49. The molecule has 26 heavy (non-hydrogen) atoms. The topological polar surface area (TPSA) is 32.8 Å². The molecule has 0 N–H and O–H groups in total. The lowest BCUT2D eigenvalue weighted by Gasteiger charge is -2.24. The molecule has 0 saturated heterocycles. The van der Waals surface area contributed by atoms with E-state index in [0.717, 1.165) is 17.0 Å². The molecule has 3 rings (SSSR count). The number of hydrogen-bond acceptors (Lipinski definition) is 3. The Balaban J connectivity index is 1.63. The van der Waals surface area contributed by atoms with E-state index in [4.69, 9.17) is 4.74 Å². The summed E-state index contributed by atoms with van der Waals surface area (Å²) < 4.78 is 5.17. The predicted molar refractivity (Wildman–Crippen MR) is 107 cm³/mol. The third-order valence-electron chi connectivity index (χ3n) is 4.55. The average Bonchev–Trinajstić information content (AvgIpc) is 2.68. The van der Waals surface area contributed by atoms with Gasteiger partial charge in [-0.15, -0.1) is 0 Å². The zero-order valence-corrected chi connectivity index (χ0v) is 15.5. The van der Waals surface area contributed by atoms with Gasteiger partial charge in [-0.1, -0.05) is 42.5 Å². The van der Waals surface area contributed by atoms with Gasteiger partial charge in [-0.3, -0.25) is 4.79 Å². The minimum absolute atomic E-state index is 0.0801. The molecule has 4 nitrogen and oxygen atoms in total. The van der Waals surface area contributed by atoms with Gasteiger partial charge in [-0.2, -0.15) is 0 Å². The van der Waals surface area contributed by atoms with Crippen LogP contribution in [0.4, 0.5) is 5.69 Å². The SMILES string of the molecule is COc1ccc(CN(C)C(=O)CN(C)c2ccc3ccccc3c2)cc1. The number of ether oxygens (including phenoxy) is 1. The zero-order valence-electron chi connectivity index (χ0n) is 15.5. The molecule has 0 radical (unpaired) electrons. The van der Waals surface area contributed by atoms with Crippen molar-refractivity contribution >= 4 is 22.4 Å². The quantitative estimate of drug-likeness (QED) is 0.676. The number of likely N-dealkylation sites (N-methyl/N-ethyl adjacent to an activating group) is 2. The Hall–Kier alpha value is -3.01. The molecule has 0 spiro atoms. The van der Waals surface area contributed by atoms with Crippen LogP contribution >= 0.6 is 0 Å². The molecule has 0 saturated carbocycles. The Morgan fingerprint density at radius 3 is 2.31 bits per heavy atom. The number of benzene rings is 3. The maximum atomic E-state index is 12.6. The monoisotopic (exact) mass is 348 g/mol. The zero-order chi connectivity index (χ0) is 18.5. The van der Waals surface area contributed by atoms with Gasteiger partial charge >= 0.3 is 0 Å². The number of rotatable bonds is 6. The largest absolute Gasteiger partial charge is 0.497 e. The summed E-state index contributed by atoms with van der Waals surface area (Å²) in [5.74, 6) is 0.898. The van der Waals surface area contributed by atoms with Crippen LogP contribution in [0.25, 0.3) is 10.8 Å². The summed E-state index contributed by atoms with van der Waals surface area (Å²) in [4.78, 5) is 16.3. The molecule has 4 heteroatoms. The Labute approximate surface area is 154 Å². The Morgan fingerprint density at radius 1 is 0.923 bits per heavy atom. The van der Waals surface area contributed by atoms with Crippen LogP contribution in [-0.4, -0.2) is 38.6 Å². The summed E-state index contributed by atoms with van der Waals surface area (Å²) in [7, 11) is 5.43. The minimum Gasteiger partial charge on any atom is -0.497 e. The van der Waals surface area contributed by atoms with Crippen LogP contribution in [0.1, 0.15) is 5.56 Å². The Kier molecular flexibility index (Phi) is 5.42. The summed E-state index contributed by atoms with van der Waals surface area (Å²) in [6.45, 7) is 0.916. The molecule has 0 unspecified atom stereocenters. The number of carbonyl (C=O) groups is 1. The van der Waals surface area contributed by atoms with Gasteiger partial charge in [0.2, 0.25) is 5.91 Å². The predicted octanol–water partition coefficient (Wildman–Crippen LogP) is 3.94. The summed E-state index contributed by atoms with van der Waals surface area (Å²) in [5, 5.41) is 2.38. The molecule has 0 aromatic heterocycles. The van der Waals surface area contributed by atoms with Gasteiger partial charge in [-0.05, 0) is 40.6 Å². The van der Waals surface area contributed by atoms with Crippen molar-refractivity contribution in [1.82, 2.24) is 4.90 Å². The summed E-state index contributed by atoms with van der Waals surface area (Å²) in [6.07, 6.45) is 0. The molecule has 0 aliphatic rings. The molecule has 3 aromatic rings. The van der Waals surface area contributed by atoms with Crippen molar-refractivity contribution in [3.63, 3.8) is 0 Å². The van der Waals surface area contributed by atoms with Gasteiger partial charge in [0.1, 0.15) is 5.75 Å². The maximum absolute atomic E-state index is 12.6. The maximum Gasteiger partial charge on any atom is 0.242 e. The van der Waals surface area contributed by atoms with Gasteiger partial charge in [0.05, 0.1) is 13.7 Å². The van der Waals surface area contributed by atoms with Crippen LogP contribution in [0.3, 0.4) is 0 Å². The number of amides is 1. The van der Waals surface area contributed by atoms with E-state index in [-0.39, 0.29) is 5.91 Å². The smallest absolute Gasteiger partial charge is 0.242 e. The van der Waals surface area contributed by atoms with E-state index < -0.39 is 0 Å². The highest BCUT2D eigenvalue weighted by Crippen LogP contribution is 2.21. The minimum atomic E-state index is 0.0801. The molecule has 134 valence electrons. The highest BCUT2D eigenvalue weighted by atomic mass is 16.5. The fraction of sp³-hybridized carbons (Fsp3) is 0.227. The molecule has 3 aromatic carbocycles. The first-order valence-corrected chi connectivity index (χ1v) is 8.63. The fourth-order valence-electron chi connectivity index (χ4n) is 2.92. The van der Waals surface area contributed by atoms with Crippen molar-refractivity contribution in [2.45, 2.75) is 6.54 Å². The third-order valence-corrected chi connectivity index (χ3v) is 4.55. The molecule has 0 aliphatic carbocycles. The van der Waals surface area contributed by atoms with Crippen LogP contribution in [-0.2, 0) is 11.3 Å². The van der Waals surface area contributed by atoms with Gasteiger partial charge in [-0.25, -0.2) is 0 Å². The Bertz CT molecular complexity index is 890. The van der Waals surface area contributed by atoms with Crippen LogP contribution in [0.5, 0.6) is 5.75 Å². The number of nitrogens with zero attached hydrogens (tertiary/aromatic N) is 2. The third kappa shape index (κ3) is 4.14. The molecule has 0 atom stereocenters. The number of carbonyl (C=O) groups excluding carboxylic acids is 1. The first-order chi connectivity index (χ1) is 12.6. The number of fused-ring (bicyclic) bond motifs is 1. The number of methoxy groups -OCH3 is 1. The van der Waals surface area contributed by atoms with E-state index in [1.807, 2.05) is 55.4 Å². The van der Waals surface area contributed by atoms with Crippen molar-refractivity contribution in [3.8, 4) is 5.75 Å². The standard InChI is InChI=1S/C22H24N2O2/c1-23(20-11-10-18-6-4-5-7-19(18)14-20)16-22(25)24(2)15-17-8-12-21(26-3)13-9-17/h4-14H,15-16H2,1-3H3. The second-order valence-corrected chi connectivity index (χ2v) is 6.49. The summed E-state index contributed by atoms with van der Waals surface area (Å²) in [6, 6.07) is 22.3. The van der Waals surface area contributed by atoms with E-state index >= 15 is 0 Å². The summed E-state index contributed by atoms with van der Waals surface area (Å²) >= 11 is 0. The number of anilines is 1. The van der Waals surface area contributed by atoms with Crippen LogP contribution in [0.2, 0.25) is 0 Å². The van der Waals surface area contributed by atoms with Crippen LogP contribution in [0.15, 0.2) is 66.7 Å². The van der Waals surface area contributed by atoms with E-state index in [2.05, 4.69) is 30.3 Å².